The van der Waals surface area contributed by atoms with Crippen LogP contribution in [0.1, 0.15) is 5.56 Å². The van der Waals surface area contributed by atoms with Gasteiger partial charge in [0.1, 0.15) is 0 Å². The molecule has 0 atom stereocenters. The van der Waals surface area contributed by atoms with E-state index in [-0.39, 0.29) is 6.29 Å². The van der Waals surface area contributed by atoms with Crippen LogP contribution in [-0.2, 0) is 11.2 Å². The van der Waals surface area contributed by atoms with Gasteiger partial charge in [-0.2, -0.15) is 0 Å². The molecule has 0 spiro atoms. The molecule has 0 unspecified atom stereocenters. The molecule has 1 nitrogen and oxygen atoms in total. The summed E-state index contributed by atoms with van der Waals surface area (Å²) in [6, 6.07) is 9.41. The monoisotopic (exact) mass is 164 g/mol. The Morgan fingerprint density at radius 3 is 2.58 bits per heavy atom. The lowest BCUT2D eigenvalue weighted by Gasteiger charge is -1.92. The molecule has 0 aliphatic carbocycles. The summed E-state index contributed by atoms with van der Waals surface area (Å²) in [5.74, 6) is -0.709. The van der Waals surface area contributed by atoms with Gasteiger partial charge in [0.05, 0.1) is 0 Å². The fraction of sp³-hybridized carbons (Fsp3) is 0.100. The molecule has 0 saturated heterocycles. The zero-order valence-corrected chi connectivity index (χ0v) is 6.53. The summed E-state index contributed by atoms with van der Waals surface area (Å²) in [6.45, 7) is 0. The molecule has 1 aromatic rings. The molecular weight excluding hydrogens is 155 g/mol. The summed E-state index contributed by atoms with van der Waals surface area (Å²) < 4.78 is 12.3. The highest BCUT2D eigenvalue weighted by molar-refractivity contribution is 5.69. The Morgan fingerprint density at radius 1 is 1.33 bits per heavy atom. The molecule has 0 N–H and O–H groups in total. The SMILES string of the molecule is O=C/C(F)=C\Cc1ccccc1. The molecule has 12 heavy (non-hydrogen) atoms. The van der Waals surface area contributed by atoms with Crippen LogP contribution in [0.3, 0.4) is 0 Å². The summed E-state index contributed by atoms with van der Waals surface area (Å²) in [6.07, 6.45) is 1.94. The quantitative estimate of drug-likeness (QED) is 0.494. The summed E-state index contributed by atoms with van der Waals surface area (Å²) in [7, 11) is 0. The zero-order chi connectivity index (χ0) is 8.81. The molecule has 0 aliphatic heterocycles. The Labute approximate surface area is 70.5 Å². The molecule has 0 saturated carbocycles. The number of hydrogen-bond donors (Lipinski definition) is 0. The van der Waals surface area contributed by atoms with Crippen LogP contribution in [0.25, 0.3) is 0 Å². The van der Waals surface area contributed by atoms with Crippen molar-refractivity contribution in [1.29, 1.82) is 0 Å². The number of hydrogen-bond acceptors (Lipinski definition) is 1. The first kappa shape index (κ1) is 8.65. The maximum Gasteiger partial charge on any atom is 0.178 e. The Kier molecular flexibility index (Phi) is 3.20. The van der Waals surface area contributed by atoms with Gasteiger partial charge in [-0.1, -0.05) is 30.3 Å². The summed E-state index contributed by atoms with van der Waals surface area (Å²) in [5.41, 5.74) is 0.995. The predicted molar refractivity (Wildman–Crippen MR) is 45.4 cm³/mol. The summed E-state index contributed by atoms with van der Waals surface area (Å²) in [4.78, 5) is 9.88. The molecule has 62 valence electrons. The second-order valence-corrected chi connectivity index (χ2v) is 2.40. The Bertz CT molecular complexity index is 277. The molecular formula is C10H9FO. The first-order chi connectivity index (χ1) is 5.83. The van der Waals surface area contributed by atoms with Gasteiger partial charge in [-0.3, -0.25) is 4.79 Å². The number of carbonyl (C=O) groups is 1. The van der Waals surface area contributed by atoms with E-state index in [1.165, 1.54) is 6.08 Å². The lowest BCUT2D eigenvalue weighted by molar-refractivity contribution is -0.106. The van der Waals surface area contributed by atoms with Crippen molar-refractivity contribution >= 4 is 6.29 Å². The van der Waals surface area contributed by atoms with Crippen LogP contribution >= 0.6 is 0 Å². The van der Waals surface area contributed by atoms with Gasteiger partial charge in [-0.25, -0.2) is 4.39 Å². The van der Waals surface area contributed by atoms with E-state index in [1.807, 2.05) is 30.3 Å². The second kappa shape index (κ2) is 4.44. The Morgan fingerprint density at radius 2 is 2.00 bits per heavy atom. The van der Waals surface area contributed by atoms with Crippen molar-refractivity contribution in [3.63, 3.8) is 0 Å². The molecule has 0 heterocycles. The van der Waals surface area contributed by atoms with E-state index in [1.54, 1.807) is 0 Å². The van der Waals surface area contributed by atoms with Crippen LogP contribution in [0.15, 0.2) is 42.2 Å². The van der Waals surface area contributed by atoms with Crippen LogP contribution in [-0.4, -0.2) is 6.29 Å². The van der Waals surface area contributed by atoms with E-state index in [2.05, 4.69) is 0 Å². The Hall–Kier alpha value is -1.44. The predicted octanol–water partition coefficient (Wildman–Crippen LogP) is 2.28. The molecule has 1 rings (SSSR count). The number of halogens is 1. The van der Waals surface area contributed by atoms with Crippen molar-refractivity contribution in [2.75, 3.05) is 0 Å². The van der Waals surface area contributed by atoms with E-state index >= 15 is 0 Å². The average Bonchev–Trinajstić information content (AvgIpc) is 2.16. The van der Waals surface area contributed by atoms with Crippen molar-refractivity contribution < 1.29 is 9.18 Å². The van der Waals surface area contributed by atoms with E-state index in [4.69, 9.17) is 0 Å². The van der Waals surface area contributed by atoms with Gasteiger partial charge in [-0.15, -0.1) is 0 Å². The standard InChI is InChI=1S/C10H9FO/c11-10(8-12)7-6-9-4-2-1-3-5-9/h1-5,7-8H,6H2/b10-7+. The highest BCUT2D eigenvalue weighted by Crippen LogP contribution is 2.02. The minimum atomic E-state index is -0.709. The first-order valence-electron chi connectivity index (χ1n) is 3.67. The highest BCUT2D eigenvalue weighted by atomic mass is 19.1. The fourth-order valence-corrected chi connectivity index (χ4v) is 0.878. The van der Waals surface area contributed by atoms with Crippen molar-refractivity contribution in [3.05, 3.63) is 47.8 Å². The van der Waals surface area contributed by atoms with Crippen LogP contribution < -0.4 is 0 Å². The number of allylic oxidation sites excluding steroid dienone is 2. The second-order valence-electron chi connectivity index (χ2n) is 2.40. The van der Waals surface area contributed by atoms with Crippen LogP contribution in [0.4, 0.5) is 4.39 Å². The van der Waals surface area contributed by atoms with Gasteiger partial charge < -0.3 is 0 Å². The largest absolute Gasteiger partial charge is 0.295 e. The molecule has 0 radical (unpaired) electrons. The highest BCUT2D eigenvalue weighted by Gasteiger charge is 1.90. The lowest BCUT2D eigenvalue weighted by atomic mass is 10.1. The molecule has 1 aromatic carbocycles. The van der Waals surface area contributed by atoms with Gasteiger partial charge in [0.15, 0.2) is 12.1 Å². The van der Waals surface area contributed by atoms with Crippen LogP contribution in [0.2, 0.25) is 0 Å². The van der Waals surface area contributed by atoms with Crippen molar-refractivity contribution in [2.24, 2.45) is 0 Å². The van der Waals surface area contributed by atoms with Crippen LogP contribution in [0.5, 0.6) is 0 Å². The average molecular weight is 164 g/mol. The van der Waals surface area contributed by atoms with Gasteiger partial charge in [0, 0.05) is 0 Å². The minimum Gasteiger partial charge on any atom is -0.295 e. The summed E-state index contributed by atoms with van der Waals surface area (Å²) in [5, 5.41) is 0. The van der Waals surface area contributed by atoms with E-state index in [0.717, 1.165) is 5.56 Å². The molecule has 0 fully saturated rings. The summed E-state index contributed by atoms with van der Waals surface area (Å²) >= 11 is 0. The number of aldehydes is 1. The first-order valence-corrected chi connectivity index (χ1v) is 3.67. The minimum absolute atomic E-state index is 0.211. The fourth-order valence-electron chi connectivity index (χ4n) is 0.878. The van der Waals surface area contributed by atoms with Gasteiger partial charge in [-0.05, 0) is 18.1 Å². The van der Waals surface area contributed by atoms with Crippen molar-refractivity contribution in [2.45, 2.75) is 6.42 Å². The molecule has 0 bridgehead atoms. The molecule has 0 amide bonds. The third-order valence-electron chi connectivity index (χ3n) is 1.49. The normalized spacial score (nSPS) is 11.2. The van der Waals surface area contributed by atoms with E-state index in [0.29, 0.717) is 6.42 Å². The van der Waals surface area contributed by atoms with Crippen molar-refractivity contribution in [3.8, 4) is 0 Å². The van der Waals surface area contributed by atoms with Gasteiger partial charge in [0.2, 0.25) is 0 Å². The maximum atomic E-state index is 12.3. The third-order valence-corrected chi connectivity index (χ3v) is 1.49. The van der Waals surface area contributed by atoms with E-state index < -0.39 is 5.83 Å². The lowest BCUT2D eigenvalue weighted by Crippen LogP contribution is -1.81. The number of rotatable bonds is 3. The number of carbonyl (C=O) groups excluding carboxylic acids is 1. The van der Waals surface area contributed by atoms with E-state index in [9.17, 15) is 9.18 Å². The molecule has 0 aliphatic rings. The Balaban J connectivity index is 2.60. The van der Waals surface area contributed by atoms with Gasteiger partial charge in [0.25, 0.3) is 0 Å². The molecule has 2 heteroatoms. The van der Waals surface area contributed by atoms with Gasteiger partial charge >= 0.3 is 0 Å². The van der Waals surface area contributed by atoms with Crippen molar-refractivity contribution in [1.82, 2.24) is 0 Å². The third kappa shape index (κ3) is 2.66. The van der Waals surface area contributed by atoms with Crippen LogP contribution in [0, 0.1) is 0 Å². The maximum absolute atomic E-state index is 12.3. The number of benzene rings is 1. The molecule has 0 aromatic heterocycles. The smallest absolute Gasteiger partial charge is 0.178 e. The topological polar surface area (TPSA) is 17.1 Å². The zero-order valence-electron chi connectivity index (χ0n) is 6.53.